The molecule has 5 heteroatoms. The van der Waals surface area contributed by atoms with Gasteiger partial charge in [-0.15, -0.1) is 0 Å². The lowest BCUT2D eigenvalue weighted by atomic mass is 9.81. The van der Waals surface area contributed by atoms with E-state index < -0.39 is 0 Å². The molecule has 1 unspecified atom stereocenters. The molecule has 0 saturated carbocycles. The third-order valence-corrected chi connectivity index (χ3v) is 3.03. The van der Waals surface area contributed by atoms with E-state index in [1.54, 1.807) is 0 Å². The molecule has 0 saturated heterocycles. The van der Waals surface area contributed by atoms with Crippen molar-refractivity contribution >= 4 is 0 Å². The topological polar surface area (TPSA) is 71.9 Å². The van der Waals surface area contributed by atoms with Gasteiger partial charge in [-0.1, -0.05) is 25.9 Å². The van der Waals surface area contributed by atoms with Crippen LogP contribution in [-0.2, 0) is 17.8 Å². The number of ether oxygens (including phenoxy) is 1. The van der Waals surface area contributed by atoms with Crippen LogP contribution in [0.15, 0.2) is 4.52 Å². The van der Waals surface area contributed by atoms with Gasteiger partial charge in [-0.2, -0.15) is 10.2 Å². The molecular formula is C13H21N3O2. The summed E-state index contributed by atoms with van der Waals surface area (Å²) in [6.07, 6.45) is 3.01. The van der Waals surface area contributed by atoms with E-state index in [4.69, 9.17) is 14.5 Å². The fraction of sp³-hybridized carbons (Fsp3) is 0.769. The lowest BCUT2D eigenvalue weighted by Crippen LogP contribution is -2.18. The van der Waals surface area contributed by atoms with Gasteiger partial charge in [0.25, 0.3) is 0 Å². The second-order valence-electron chi connectivity index (χ2n) is 4.83. The maximum atomic E-state index is 8.82. The van der Waals surface area contributed by atoms with Crippen LogP contribution in [0.5, 0.6) is 0 Å². The largest absolute Gasteiger partial charge is 0.373 e. The van der Waals surface area contributed by atoms with E-state index in [0.717, 1.165) is 12.8 Å². The average molecular weight is 251 g/mol. The van der Waals surface area contributed by atoms with E-state index in [2.05, 4.69) is 37.0 Å². The summed E-state index contributed by atoms with van der Waals surface area (Å²) in [4.78, 5) is 4.29. The summed E-state index contributed by atoms with van der Waals surface area (Å²) in [5.74, 6) is 1.17. The summed E-state index contributed by atoms with van der Waals surface area (Å²) >= 11 is 0. The SMILES string of the molecule is CCCOCc1noc(CC(C)(CC)CC#N)n1. The van der Waals surface area contributed by atoms with E-state index in [1.807, 2.05) is 0 Å². The predicted octanol–water partition coefficient (Wildman–Crippen LogP) is 2.87. The molecule has 0 radical (unpaired) electrons. The van der Waals surface area contributed by atoms with Crippen LogP contribution in [0, 0.1) is 16.7 Å². The highest BCUT2D eigenvalue weighted by molar-refractivity contribution is 4.94. The molecule has 1 heterocycles. The van der Waals surface area contributed by atoms with Crippen molar-refractivity contribution in [2.75, 3.05) is 6.61 Å². The number of rotatable bonds is 8. The Hall–Kier alpha value is -1.41. The number of hydrogen-bond donors (Lipinski definition) is 0. The summed E-state index contributed by atoms with van der Waals surface area (Å²) in [5.41, 5.74) is -0.0944. The van der Waals surface area contributed by atoms with Crippen molar-refractivity contribution in [3.8, 4) is 6.07 Å². The van der Waals surface area contributed by atoms with Gasteiger partial charge in [0.2, 0.25) is 5.89 Å². The summed E-state index contributed by atoms with van der Waals surface area (Å²) in [6, 6.07) is 2.21. The first-order valence-corrected chi connectivity index (χ1v) is 6.39. The minimum Gasteiger partial charge on any atom is -0.373 e. The standard InChI is InChI=1S/C13H21N3O2/c1-4-8-17-10-11-15-12(18-16-11)9-13(3,5-2)6-7-14/h4-6,8-10H2,1-3H3. The predicted molar refractivity (Wildman–Crippen MR) is 66.6 cm³/mol. The molecule has 0 aliphatic carbocycles. The van der Waals surface area contributed by atoms with Gasteiger partial charge in [-0.3, -0.25) is 0 Å². The van der Waals surface area contributed by atoms with Crippen LogP contribution in [0.3, 0.4) is 0 Å². The smallest absolute Gasteiger partial charge is 0.227 e. The first kappa shape index (κ1) is 14.7. The van der Waals surface area contributed by atoms with Crippen LogP contribution in [0.1, 0.15) is 51.7 Å². The number of nitriles is 1. The Morgan fingerprint density at radius 3 is 2.83 bits per heavy atom. The molecule has 1 aromatic heterocycles. The summed E-state index contributed by atoms with van der Waals surface area (Å²) in [6.45, 7) is 7.27. The maximum Gasteiger partial charge on any atom is 0.227 e. The van der Waals surface area contributed by atoms with E-state index in [0.29, 0.717) is 37.8 Å². The molecule has 1 aromatic rings. The van der Waals surface area contributed by atoms with Crippen LogP contribution in [0.4, 0.5) is 0 Å². The minimum atomic E-state index is -0.0944. The zero-order valence-corrected chi connectivity index (χ0v) is 11.4. The summed E-state index contributed by atoms with van der Waals surface area (Å²) in [7, 11) is 0. The second kappa shape index (κ2) is 7.12. The first-order chi connectivity index (χ1) is 8.63. The molecule has 0 N–H and O–H groups in total. The molecule has 1 atom stereocenters. The van der Waals surface area contributed by atoms with Crippen molar-refractivity contribution in [3.63, 3.8) is 0 Å². The van der Waals surface area contributed by atoms with Crippen molar-refractivity contribution in [3.05, 3.63) is 11.7 Å². The highest BCUT2D eigenvalue weighted by atomic mass is 16.5. The summed E-state index contributed by atoms with van der Waals surface area (Å²) in [5, 5.41) is 12.7. The molecule has 0 bridgehead atoms. The minimum absolute atomic E-state index is 0.0944. The molecule has 0 aliphatic rings. The molecule has 0 amide bonds. The van der Waals surface area contributed by atoms with E-state index in [-0.39, 0.29) is 5.41 Å². The Morgan fingerprint density at radius 2 is 2.22 bits per heavy atom. The Morgan fingerprint density at radius 1 is 1.44 bits per heavy atom. The van der Waals surface area contributed by atoms with Gasteiger partial charge >= 0.3 is 0 Å². The fourth-order valence-corrected chi connectivity index (χ4v) is 1.60. The molecule has 0 aromatic carbocycles. The average Bonchev–Trinajstić information content (AvgIpc) is 2.77. The van der Waals surface area contributed by atoms with Crippen LogP contribution < -0.4 is 0 Å². The molecule has 0 spiro atoms. The van der Waals surface area contributed by atoms with Gasteiger partial charge in [0.05, 0.1) is 6.07 Å². The summed E-state index contributed by atoms with van der Waals surface area (Å²) < 4.78 is 10.5. The molecular weight excluding hydrogens is 230 g/mol. The van der Waals surface area contributed by atoms with Crippen LogP contribution in [0.2, 0.25) is 0 Å². The Bertz CT molecular complexity index is 397. The highest BCUT2D eigenvalue weighted by Crippen LogP contribution is 2.29. The van der Waals surface area contributed by atoms with E-state index in [1.165, 1.54) is 0 Å². The zero-order chi connectivity index (χ0) is 13.4. The van der Waals surface area contributed by atoms with Gasteiger partial charge in [0.15, 0.2) is 5.82 Å². The van der Waals surface area contributed by atoms with E-state index >= 15 is 0 Å². The Labute approximate surface area is 108 Å². The van der Waals surface area contributed by atoms with Crippen molar-refractivity contribution in [2.24, 2.45) is 5.41 Å². The van der Waals surface area contributed by atoms with Crippen LogP contribution in [-0.4, -0.2) is 16.7 Å². The van der Waals surface area contributed by atoms with Gasteiger partial charge in [0, 0.05) is 19.4 Å². The highest BCUT2D eigenvalue weighted by Gasteiger charge is 2.25. The van der Waals surface area contributed by atoms with Crippen molar-refractivity contribution in [2.45, 2.75) is 53.1 Å². The molecule has 1 rings (SSSR count). The number of hydrogen-bond acceptors (Lipinski definition) is 5. The molecule has 100 valence electrons. The maximum absolute atomic E-state index is 8.82. The third kappa shape index (κ3) is 4.46. The quantitative estimate of drug-likeness (QED) is 0.664. The monoisotopic (exact) mass is 251 g/mol. The lowest BCUT2D eigenvalue weighted by molar-refractivity contribution is 0.114. The van der Waals surface area contributed by atoms with Crippen molar-refractivity contribution in [1.29, 1.82) is 5.26 Å². The van der Waals surface area contributed by atoms with Crippen LogP contribution in [0.25, 0.3) is 0 Å². The van der Waals surface area contributed by atoms with Gasteiger partial charge in [0.1, 0.15) is 6.61 Å². The fourth-order valence-electron chi connectivity index (χ4n) is 1.60. The van der Waals surface area contributed by atoms with Gasteiger partial charge < -0.3 is 9.26 Å². The third-order valence-electron chi connectivity index (χ3n) is 3.03. The first-order valence-electron chi connectivity index (χ1n) is 6.39. The molecule has 5 nitrogen and oxygen atoms in total. The van der Waals surface area contributed by atoms with Gasteiger partial charge in [-0.05, 0) is 18.3 Å². The molecule has 0 fully saturated rings. The second-order valence-corrected chi connectivity index (χ2v) is 4.83. The van der Waals surface area contributed by atoms with Crippen molar-refractivity contribution < 1.29 is 9.26 Å². The zero-order valence-electron chi connectivity index (χ0n) is 11.4. The van der Waals surface area contributed by atoms with Crippen molar-refractivity contribution in [1.82, 2.24) is 10.1 Å². The Kier molecular flexibility index (Phi) is 5.79. The number of nitrogens with zero attached hydrogens (tertiary/aromatic N) is 3. The van der Waals surface area contributed by atoms with Crippen LogP contribution >= 0.6 is 0 Å². The molecule has 18 heavy (non-hydrogen) atoms. The molecule has 0 aliphatic heterocycles. The van der Waals surface area contributed by atoms with Gasteiger partial charge in [-0.25, -0.2) is 0 Å². The lowest BCUT2D eigenvalue weighted by Gasteiger charge is -2.22. The number of aromatic nitrogens is 2. The Balaban J connectivity index is 2.55. The normalized spacial score (nSPS) is 14.1. The van der Waals surface area contributed by atoms with E-state index in [9.17, 15) is 0 Å².